The number of aryl methyl sites for hydroxylation is 1. The normalized spacial score (nSPS) is 13.4. The van der Waals surface area contributed by atoms with Gasteiger partial charge in [-0.15, -0.1) is 0 Å². The minimum atomic E-state index is -0.403. The molecule has 6 nitrogen and oxygen atoms in total. The van der Waals surface area contributed by atoms with Gasteiger partial charge in [-0.1, -0.05) is 57.0 Å². The number of fused-ring (bicyclic) bond motifs is 2. The first-order valence-electron chi connectivity index (χ1n) is 15.3. The van der Waals surface area contributed by atoms with Gasteiger partial charge in [0.25, 0.3) is 0 Å². The highest BCUT2D eigenvalue weighted by atomic mass is 16.5. The number of benzene rings is 4. The summed E-state index contributed by atoms with van der Waals surface area (Å²) in [6.45, 7) is 8.56. The van der Waals surface area contributed by atoms with E-state index < -0.39 is 5.97 Å². The fraction of sp³-hybridized carbons (Fsp3) is 0.324. The third-order valence-electron chi connectivity index (χ3n) is 8.15. The van der Waals surface area contributed by atoms with Crippen molar-refractivity contribution in [2.45, 2.75) is 52.4 Å². The highest BCUT2D eigenvalue weighted by Gasteiger charge is 2.33. The summed E-state index contributed by atoms with van der Waals surface area (Å²) in [5, 5.41) is 3.57. The van der Waals surface area contributed by atoms with Crippen molar-refractivity contribution >= 4 is 23.0 Å². The summed E-state index contributed by atoms with van der Waals surface area (Å²) >= 11 is 0. The number of carbonyl (C=O) groups is 1. The van der Waals surface area contributed by atoms with E-state index in [1.165, 1.54) is 7.11 Å². The number of anilines is 3. The molecule has 5 rings (SSSR count). The molecule has 0 aliphatic carbocycles. The first kappa shape index (κ1) is 30.0. The van der Waals surface area contributed by atoms with E-state index in [0.717, 1.165) is 89.6 Å². The molecule has 1 unspecified atom stereocenters. The number of ether oxygens (including phenoxy) is 3. The molecule has 4 aromatic carbocycles. The van der Waals surface area contributed by atoms with Gasteiger partial charge in [0.2, 0.25) is 0 Å². The molecule has 0 bridgehead atoms. The predicted octanol–water partition coefficient (Wildman–Crippen LogP) is 9.23. The number of nitrogens with zero attached hydrogens (tertiary/aromatic N) is 1. The van der Waals surface area contributed by atoms with Gasteiger partial charge in [0.05, 0.1) is 19.8 Å². The highest BCUT2D eigenvalue weighted by Crippen LogP contribution is 2.51. The molecule has 224 valence electrons. The Morgan fingerprint density at radius 3 is 2.21 bits per heavy atom. The first-order chi connectivity index (χ1) is 21.0. The molecule has 0 amide bonds. The van der Waals surface area contributed by atoms with E-state index in [9.17, 15) is 4.79 Å². The number of carbonyl (C=O) groups excluding carboxylic acids is 1. The first-order valence-corrected chi connectivity index (χ1v) is 15.3. The molecule has 43 heavy (non-hydrogen) atoms. The van der Waals surface area contributed by atoms with Gasteiger partial charge in [0.15, 0.2) is 0 Å². The van der Waals surface area contributed by atoms with Crippen LogP contribution in [0, 0.1) is 6.92 Å². The van der Waals surface area contributed by atoms with Crippen LogP contribution in [0.4, 0.5) is 17.1 Å². The maximum absolute atomic E-state index is 13.1. The molecule has 1 N–H and O–H groups in total. The van der Waals surface area contributed by atoms with Crippen molar-refractivity contribution in [3.8, 4) is 17.2 Å². The van der Waals surface area contributed by atoms with E-state index >= 15 is 0 Å². The quantitative estimate of drug-likeness (QED) is 0.149. The lowest BCUT2D eigenvalue weighted by Crippen LogP contribution is -2.26. The van der Waals surface area contributed by atoms with Crippen molar-refractivity contribution < 1.29 is 19.0 Å². The number of nitrogens with one attached hydrogen (secondary N) is 1. The van der Waals surface area contributed by atoms with Gasteiger partial charge in [-0.05, 0) is 73.4 Å². The maximum Gasteiger partial charge on any atom is 0.338 e. The molecular formula is C37H42N2O4. The van der Waals surface area contributed by atoms with Crippen molar-refractivity contribution in [1.29, 1.82) is 0 Å². The summed E-state index contributed by atoms with van der Waals surface area (Å²) < 4.78 is 17.4. The Hall–Kier alpha value is -4.45. The summed E-state index contributed by atoms with van der Waals surface area (Å²) in [6.07, 6.45) is 4.56. The lowest BCUT2D eigenvalue weighted by Gasteiger charge is -2.32. The molecule has 1 aliphatic heterocycles. The van der Waals surface area contributed by atoms with E-state index in [4.69, 9.17) is 14.2 Å². The number of para-hydroxylation sites is 1. The molecule has 0 aromatic heterocycles. The van der Waals surface area contributed by atoms with Crippen molar-refractivity contribution in [3.05, 3.63) is 107 Å². The summed E-state index contributed by atoms with van der Waals surface area (Å²) in [5.41, 5.74) is 7.51. The average Bonchev–Trinajstić information content (AvgIpc) is 3.04. The van der Waals surface area contributed by atoms with E-state index in [-0.39, 0.29) is 5.92 Å². The van der Waals surface area contributed by atoms with Crippen molar-refractivity contribution in [1.82, 2.24) is 0 Å². The monoisotopic (exact) mass is 578 g/mol. The van der Waals surface area contributed by atoms with Crippen LogP contribution < -0.4 is 19.7 Å². The topological polar surface area (TPSA) is 60.0 Å². The summed E-state index contributed by atoms with van der Waals surface area (Å²) in [7, 11) is 3.01. The van der Waals surface area contributed by atoms with E-state index in [1.807, 2.05) is 42.5 Å². The fourth-order valence-corrected chi connectivity index (χ4v) is 5.76. The highest BCUT2D eigenvalue weighted by molar-refractivity contribution is 5.92. The van der Waals surface area contributed by atoms with Crippen LogP contribution >= 0.6 is 0 Å². The molecule has 1 heterocycles. The lowest BCUT2D eigenvalue weighted by molar-refractivity contribution is 0.0599. The largest absolute Gasteiger partial charge is 0.497 e. The molecule has 1 atom stereocenters. The molecule has 0 fully saturated rings. The number of hydrogen-bond acceptors (Lipinski definition) is 6. The molecule has 0 radical (unpaired) electrons. The zero-order valence-electron chi connectivity index (χ0n) is 25.9. The number of methoxy groups -OCH3 is 2. The van der Waals surface area contributed by atoms with Crippen LogP contribution in [-0.2, 0) is 4.74 Å². The Bertz CT molecular complexity index is 1560. The second-order valence-electron chi connectivity index (χ2n) is 11.1. The summed E-state index contributed by atoms with van der Waals surface area (Å²) in [6, 6.07) is 26.5. The molecule has 0 spiro atoms. The Morgan fingerprint density at radius 1 is 0.837 bits per heavy atom. The molecule has 0 saturated carbocycles. The molecule has 0 saturated heterocycles. The maximum atomic E-state index is 13.1. The number of rotatable bonds is 12. The standard InChI is InChI=1S/C37H42N2O4/c1-6-8-19-39(20-9-7-2)27-15-17-30-35(22-27)43-34-21-25(3)33(38-26-13-11-10-12-14-26)24-32(34)36(30)29-18-16-28(41-4)23-31(29)37(40)42-5/h10-18,21-24,36,38H,6-9,19-20H2,1-5H3. The second-order valence-corrected chi connectivity index (χ2v) is 11.1. The Labute approximate surface area is 255 Å². The molecule has 1 aliphatic rings. The van der Waals surface area contributed by atoms with E-state index in [0.29, 0.717) is 11.3 Å². The van der Waals surface area contributed by atoms with Gasteiger partial charge in [-0.2, -0.15) is 0 Å². The van der Waals surface area contributed by atoms with Crippen LogP contribution in [0.2, 0.25) is 0 Å². The smallest absolute Gasteiger partial charge is 0.338 e. The average molecular weight is 579 g/mol. The number of hydrogen-bond donors (Lipinski definition) is 1. The second kappa shape index (κ2) is 13.7. The zero-order chi connectivity index (χ0) is 30.3. The third-order valence-corrected chi connectivity index (χ3v) is 8.15. The predicted molar refractivity (Wildman–Crippen MR) is 175 cm³/mol. The van der Waals surface area contributed by atoms with Crippen LogP contribution in [0.15, 0.2) is 78.9 Å². The van der Waals surface area contributed by atoms with Gasteiger partial charge in [-0.3, -0.25) is 0 Å². The Kier molecular flexibility index (Phi) is 9.55. The van der Waals surface area contributed by atoms with Crippen LogP contribution in [0.1, 0.15) is 78.1 Å². The van der Waals surface area contributed by atoms with Gasteiger partial charge >= 0.3 is 5.97 Å². The zero-order valence-corrected chi connectivity index (χ0v) is 25.9. The van der Waals surface area contributed by atoms with E-state index in [1.54, 1.807) is 13.2 Å². The minimum Gasteiger partial charge on any atom is -0.497 e. The van der Waals surface area contributed by atoms with Gasteiger partial charge in [0, 0.05) is 53.3 Å². The van der Waals surface area contributed by atoms with Crippen LogP contribution in [0.5, 0.6) is 17.2 Å². The Morgan fingerprint density at radius 2 is 1.53 bits per heavy atom. The molecular weight excluding hydrogens is 536 g/mol. The van der Waals surface area contributed by atoms with Crippen LogP contribution in [-0.4, -0.2) is 33.3 Å². The van der Waals surface area contributed by atoms with Crippen molar-refractivity contribution in [2.75, 3.05) is 37.5 Å². The van der Waals surface area contributed by atoms with Crippen molar-refractivity contribution in [2.24, 2.45) is 0 Å². The SMILES string of the molecule is CCCCN(CCCC)c1ccc2c(c1)Oc1cc(C)c(Nc3ccccc3)cc1C2c1ccc(OC)cc1C(=O)OC. The van der Waals surface area contributed by atoms with Crippen LogP contribution in [0.25, 0.3) is 0 Å². The van der Waals surface area contributed by atoms with Gasteiger partial charge in [-0.25, -0.2) is 4.79 Å². The summed E-state index contributed by atoms with van der Waals surface area (Å²) in [5.74, 6) is 1.53. The molecule has 6 heteroatoms. The Balaban J connectivity index is 1.67. The summed E-state index contributed by atoms with van der Waals surface area (Å²) in [4.78, 5) is 15.6. The van der Waals surface area contributed by atoms with E-state index in [2.05, 4.69) is 61.3 Å². The van der Waals surface area contributed by atoms with Crippen LogP contribution in [0.3, 0.4) is 0 Å². The van der Waals surface area contributed by atoms with Crippen molar-refractivity contribution in [3.63, 3.8) is 0 Å². The van der Waals surface area contributed by atoms with Gasteiger partial charge < -0.3 is 24.4 Å². The fourth-order valence-electron chi connectivity index (χ4n) is 5.76. The molecule has 4 aromatic rings. The number of unbranched alkanes of at least 4 members (excludes halogenated alkanes) is 2. The third kappa shape index (κ3) is 6.48. The minimum absolute atomic E-state index is 0.260. The number of esters is 1. The van der Waals surface area contributed by atoms with Gasteiger partial charge in [0.1, 0.15) is 17.2 Å². The lowest BCUT2D eigenvalue weighted by atomic mass is 9.80.